The number of para-hydroxylation sites is 1. The summed E-state index contributed by atoms with van der Waals surface area (Å²) in [6, 6.07) is 5.92. The third kappa shape index (κ3) is 3.54. The number of hydrogen-bond donors (Lipinski definition) is 3. The number of aromatic nitrogens is 1. The van der Waals surface area contributed by atoms with E-state index in [1.165, 1.54) is 0 Å². The number of likely N-dealkylation sites (tertiary alicyclic amines) is 1. The Labute approximate surface area is 197 Å². The molecule has 1 saturated carbocycles. The molecule has 3 heterocycles. The molecule has 2 aliphatic heterocycles. The van der Waals surface area contributed by atoms with Crippen molar-refractivity contribution in [2.24, 2.45) is 23.2 Å². The van der Waals surface area contributed by atoms with Gasteiger partial charge in [-0.2, -0.15) is 0 Å². The van der Waals surface area contributed by atoms with Gasteiger partial charge in [0.2, 0.25) is 11.8 Å². The van der Waals surface area contributed by atoms with Crippen molar-refractivity contribution in [2.75, 3.05) is 20.2 Å². The molecule has 3 amide bonds. The predicted molar refractivity (Wildman–Crippen MR) is 124 cm³/mol. The third-order valence-corrected chi connectivity index (χ3v) is 8.00. The van der Waals surface area contributed by atoms with Crippen molar-refractivity contribution in [3.8, 4) is 5.75 Å². The van der Waals surface area contributed by atoms with Gasteiger partial charge in [-0.1, -0.05) is 26.0 Å². The van der Waals surface area contributed by atoms with Crippen molar-refractivity contribution < 1.29 is 23.9 Å². The maximum absolute atomic E-state index is 13.5. The van der Waals surface area contributed by atoms with Crippen LogP contribution in [0.4, 0.5) is 0 Å². The summed E-state index contributed by atoms with van der Waals surface area (Å²) in [7, 11) is 1.58. The van der Waals surface area contributed by atoms with Crippen molar-refractivity contribution in [3.05, 3.63) is 30.0 Å². The summed E-state index contributed by atoms with van der Waals surface area (Å²) in [6.45, 7) is 5.29. The van der Waals surface area contributed by atoms with Crippen molar-refractivity contribution in [3.63, 3.8) is 0 Å². The number of H-pyrrole nitrogens is 1. The monoisotopic (exact) mass is 466 g/mol. The van der Waals surface area contributed by atoms with Crippen LogP contribution in [-0.2, 0) is 14.4 Å². The Morgan fingerprint density at radius 3 is 2.82 bits per heavy atom. The first-order valence-corrected chi connectivity index (χ1v) is 11.8. The normalized spacial score (nSPS) is 27.7. The highest BCUT2D eigenvalue weighted by Gasteiger charge is 2.69. The number of aromatic amines is 1. The van der Waals surface area contributed by atoms with Crippen molar-refractivity contribution in [1.82, 2.24) is 20.5 Å². The first kappa shape index (κ1) is 22.4. The molecule has 5 atom stereocenters. The van der Waals surface area contributed by atoms with E-state index in [2.05, 4.69) is 29.5 Å². The zero-order valence-corrected chi connectivity index (χ0v) is 19.6. The van der Waals surface area contributed by atoms with Crippen molar-refractivity contribution in [1.29, 1.82) is 0 Å². The van der Waals surface area contributed by atoms with E-state index in [1.54, 1.807) is 18.1 Å². The lowest BCUT2D eigenvalue weighted by Crippen LogP contribution is -2.52. The molecule has 1 aromatic carbocycles. The van der Waals surface area contributed by atoms with Gasteiger partial charge in [0.25, 0.3) is 5.91 Å². The van der Waals surface area contributed by atoms with Gasteiger partial charge in [0.1, 0.15) is 23.8 Å². The molecule has 34 heavy (non-hydrogen) atoms. The summed E-state index contributed by atoms with van der Waals surface area (Å²) in [5, 5.41) is 6.43. The highest BCUT2D eigenvalue weighted by atomic mass is 16.5. The predicted octanol–water partition coefficient (Wildman–Crippen LogP) is 1.48. The number of rotatable bonds is 7. The van der Waals surface area contributed by atoms with E-state index in [0.717, 1.165) is 10.9 Å². The lowest BCUT2D eigenvalue weighted by atomic mass is 9.97. The first-order valence-electron chi connectivity index (χ1n) is 11.8. The van der Waals surface area contributed by atoms with E-state index < -0.39 is 12.1 Å². The molecule has 3 N–H and O–H groups in total. The number of carbonyl (C=O) groups excluding carboxylic acids is 4. The Morgan fingerprint density at radius 1 is 1.35 bits per heavy atom. The number of benzene rings is 1. The molecule has 9 nitrogen and oxygen atoms in total. The largest absolute Gasteiger partial charge is 0.495 e. The quantitative estimate of drug-likeness (QED) is 0.534. The lowest BCUT2D eigenvalue weighted by Gasteiger charge is -2.30. The molecule has 9 heteroatoms. The Morgan fingerprint density at radius 2 is 2.15 bits per heavy atom. The van der Waals surface area contributed by atoms with E-state index >= 15 is 0 Å². The average molecular weight is 467 g/mol. The van der Waals surface area contributed by atoms with E-state index in [-0.39, 0.29) is 47.3 Å². The second-order valence-electron chi connectivity index (χ2n) is 10.2. The number of carbonyl (C=O) groups is 4. The minimum atomic E-state index is -0.767. The zero-order valence-electron chi connectivity index (χ0n) is 19.6. The van der Waals surface area contributed by atoms with Crippen LogP contribution < -0.4 is 15.4 Å². The van der Waals surface area contributed by atoms with Crippen LogP contribution in [0.25, 0.3) is 10.9 Å². The number of piperidine rings is 1. The molecular weight excluding hydrogens is 436 g/mol. The topological polar surface area (TPSA) is 121 Å². The SMILES string of the molecule is COc1cccc2cc(C(=O)N3C[C@H]4[C@@H]([C@H]3C(=O)N[C@H](C=O)C[C@@H]3CCNC3=O)C4(C)C)[nH]c12. The van der Waals surface area contributed by atoms with Gasteiger partial charge in [0, 0.05) is 24.4 Å². The number of nitrogens with zero attached hydrogens (tertiary/aromatic N) is 1. The van der Waals surface area contributed by atoms with Crippen molar-refractivity contribution >= 4 is 34.9 Å². The molecule has 2 aromatic rings. The molecule has 5 rings (SSSR count). The van der Waals surface area contributed by atoms with Crippen LogP contribution in [0.15, 0.2) is 24.3 Å². The highest BCUT2D eigenvalue weighted by Crippen LogP contribution is 2.65. The van der Waals surface area contributed by atoms with Gasteiger partial charge in [-0.15, -0.1) is 0 Å². The number of methoxy groups -OCH3 is 1. The zero-order chi connectivity index (χ0) is 24.2. The smallest absolute Gasteiger partial charge is 0.271 e. The van der Waals surface area contributed by atoms with Crippen molar-refractivity contribution in [2.45, 2.75) is 38.8 Å². The molecule has 0 bridgehead atoms. The molecule has 1 aromatic heterocycles. The number of nitrogens with one attached hydrogen (secondary N) is 3. The van der Waals surface area contributed by atoms with Crippen LogP contribution in [-0.4, -0.2) is 66.2 Å². The Balaban J connectivity index is 1.37. The number of aldehydes is 1. The number of amides is 3. The second-order valence-corrected chi connectivity index (χ2v) is 10.2. The van der Waals surface area contributed by atoms with Gasteiger partial charge in [-0.05, 0) is 42.2 Å². The summed E-state index contributed by atoms with van der Waals surface area (Å²) in [5.74, 6) is -0.0747. The van der Waals surface area contributed by atoms with E-state index in [0.29, 0.717) is 37.2 Å². The lowest BCUT2D eigenvalue weighted by molar-refractivity contribution is -0.129. The van der Waals surface area contributed by atoms with Crippen LogP contribution in [0.5, 0.6) is 5.75 Å². The summed E-state index contributed by atoms with van der Waals surface area (Å²) >= 11 is 0. The van der Waals surface area contributed by atoms with Crippen LogP contribution in [0, 0.1) is 23.2 Å². The fourth-order valence-corrected chi connectivity index (χ4v) is 5.96. The van der Waals surface area contributed by atoms with Crippen LogP contribution in [0.2, 0.25) is 0 Å². The fraction of sp³-hybridized carbons (Fsp3) is 0.520. The Kier molecular flexibility index (Phi) is 5.37. The molecule has 0 spiro atoms. The Bertz CT molecular complexity index is 1170. The summed E-state index contributed by atoms with van der Waals surface area (Å²) in [6.07, 6.45) is 1.60. The molecule has 0 unspecified atom stereocenters. The van der Waals surface area contributed by atoms with Crippen LogP contribution in [0.1, 0.15) is 37.2 Å². The number of fused-ring (bicyclic) bond motifs is 2. The van der Waals surface area contributed by atoms with Gasteiger partial charge >= 0.3 is 0 Å². The summed E-state index contributed by atoms with van der Waals surface area (Å²) in [5.41, 5.74) is 1.07. The minimum Gasteiger partial charge on any atom is -0.495 e. The average Bonchev–Trinajstić information content (AvgIpc) is 3.33. The molecule has 180 valence electrons. The van der Waals surface area contributed by atoms with Gasteiger partial charge in [-0.25, -0.2) is 0 Å². The number of hydrogen-bond acceptors (Lipinski definition) is 5. The minimum absolute atomic E-state index is 0.0254. The standard InChI is InChI=1S/C25H30N4O5/c1-25(2)16-11-29(24(33)17-10-13-5-4-6-18(34-3)20(13)28-17)21(19(16)25)23(32)27-15(12-30)9-14-7-8-26-22(14)31/h4-6,10,12,14-16,19,21,28H,7-9,11H2,1-3H3,(H,26,31)(H,27,32)/t14-,15-,16-,19-,21-/m0/s1. The molecular formula is C25H30N4O5. The summed E-state index contributed by atoms with van der Waals surface area (Å²) < 4.78 is 5.39. The van der Waals surface area contributed by atoms with Gasteiger partial charge in [0.05, 0.1) is 18.7 Å². The maximum atomic E-state index is 13.5. The van der Waals surface area contributed by atoms with Crippen LogP contribution >= 0.6 is 0 Å². The molecule has 1 aliphatic carbocycles. The number of ether oxygens (including phenoxy) is 1. The highest BCUT2D eigenvalue weighted by molar-refractivity contribution is 6.02. The Hall–Kier alpha value is -3.36. The fourth-order valence-electron chi connectivity index (χ4n) is 5.96. The first-order chi connectivity index (χ1) is 16.3. The van der Waals surface area contributed by atoms with Crippen LogP contribution in [0.3, 0.4) is 0 Å². The molecule has 0 radical (unpaired) electrons. The maximum Gasteiger partial charge on any atom is 0.271 e. The van der Waals surface area contributed by atoms with E-state index in [4.69, 9.17) is 4.74 Å². The second kappa shape index (κ2) is 8.14. The van der Waals surface area contributed by atoms with Gasteiger partial charge in [-0.3, -0.25) is 14.4 Å². The summed E-state index contributed by atoms with van der Waals surface area (Å²) in [4.78, 5) is 55.4. The molecule has 2 saturated heterocycles. The van der Waals surface area contributed by atoms with Gasteiger partial charge in [0.15, 0.2) is 0 Å². The molecule has 3 aliphatic rings. The third-order valence-electron chi connectivity index (χ3n) is 8.00. The van der Waals surface area contributed by atoms with E-state index in [9.17, 15) is 19.2 Å². The molecule has 3 fully saturated rings. The van der Waals surface area contributed by atoms with Gasteiger partial charge < -0.3 is 30.0 Å². The van der Waals surface area contributed by atoms with E-state index in [1.807, 2.05) is 18.2 Å².